The number of carbonyl (C=O) groups excluding carboxylic acids is 4. The molecular weight excluding hydrogens is 598 g/mol. The zero-order valence-corrected chi connectivity index (χ0v) is 27.3. The van der Waals surface area contributed by atoms with Crippen molar-refractivity contribution in [3.8, 4) is 0 Å². The molecule has 5 bridgehead atoms. The van der Waals surface area contributed by atoms with Crippen molar-refractivity contribution in [2.75, 3.05) is 24.6 Å². The lowest BCUT2D eigenvalue weighted by molar-refractivity contribution is -0.160. The lowest BCUT2D eigenvalue weighted by Crippen LogP contribution is -2.59. The van der Waals surface area contributed by atoms with Crippen LogP contribution in [0, 0.1) is 31.6 Å². The number of carbonyl (C=O) groups is 4. The van der Waals surface area contributed by atoms with E-state index >= 15 is 4.79 Å². The summed E-state index contributed by atoms with van der Waals surface area (Å²) < 4.78 is 12.7. The third-order valence-corrected chi connectivity index (χ3v) is 9.96. The predicted octanol–water partition coefficient (Wildman–Crippen LogP) is 3.55. The highest BCUT2D eigenvalue weighted by molar-refractivity contribution is 6.05. The van der Waals surface area contributed by atoms with Crippen LogP contribution in [0.1, 0.15) is 49.5 Å². The number of cyclic esters (lactones) is 1. The van der Waals surface area contributed by atoms with E-state index < -0.39 is 53.6 Å². The minimum absolute atomic E-state index is 0.0593. The highest BCUT2D eigenvalue weighted by atomic mass is 16.6. The van der Waals surface area contributed by atoms with Crippen LogP contribution in [-0.2, 0) is 28.7 Å². The van der Waals surface area contributed by atoms with Gasteiger partial charge in [0.15, 0.2) is 0 Å². The van der Waals surface area contributed by atoms with Crippen molar-refractivity contribution in [2.24, 2.45) is 17.8 Å². The van der Waals surface area contributed by atoms with Crippen molar-refractivity contribution in [1.82, 2.24) is 10.2 Å². The summed E-state index contributed by atoms with van der Waals surface area (Å²) in [5, 5.41) is 13.5. The SMILES string of the molecule is Cc1ccc(C)c(N2C/C=C\CCC(=O)NC[C@@H](c3ccccc3)OC(=O)[C@@H]3[C@@H]4C=C[C@]5(O4)[C@H](C2=O)N([C@@H](CO)C(C)C)C(=O)[C@@H]35)c1. The molecule has 0 aromatic heterocycles. The minimum Gasteiger partial charge on any atom is -0.455 e. The van der Waals surface area contributed by atoms with Crippen molar-refractivity contribution >= 4 is 29.4 Å². The summed E-state index contributed by atoms with van der Waals surface area (Å²) in [5.41, 5.74) is 1.78. The number of anilines is 1. The monoisotopic (exact) mass is 641 g/mol. The Kier molecular flexibility index (Phi) is 9.09. The number of rotatable bonds is 5. The number of allylic oxidation sites excluding steroid dienone is 1. The summed E-state index contributed by atoms with van der Waals surface area (Å²) in [6, 6.07) is 13.2. The molecule has 0 unspecified atom stereocenters. The normalized spacial score (nSPS) is 30.8. The molecule has 3 amide bonds. The van der Waals surface area contributed by atoms with Crippen molar-refractivity contribution in [3.05, 3.63) is 89.5 Å². The third kappa shape index (κ3) is 5.78. The van der Waals surface area contributed by atoms with Gasteiger partial charge in [-0.25, -0.2) is 0 Å². The third-order valence-electron chi connectivity index (χ3n) is 9.96. The van der Waals surface area contributed by atoms with Gasteiger partial charge in [0, 0.05) is 18.7 Å². The Balaban J connectivity index is 1.48. The van der Waals surface area contributed by atoms with Gasteiger partial charge in [-0.2, -0.15) is 0 Å². The fraction of sp³-hybridized carbons (Fsp3) is 0.459. The number of hydrogen-bond donors (Lipinski definition) is 2. The number of hydrogen-bond acceptors (Lipinski definition) is 7. The first-order valence-electron chi connectivity index (χ1n) is 16.4. The van der Waals surface area contributed by atoms with E-state index in [4.69, 9.17) is 9.47 Å². The number of nitrogens with one attached hydrogen (secondary N) is 1. The van der Waals surface area contributed by atoms with Gasteiger partial charge in [-0.3, -0.25) is 19.2 Å². The fourth-order valence-corrected chi connectivity index (χ4v) is 7.52. The fourth-order valence-electron chi connectivity index (χ4n) is 7.52. The molecule has 2 fully saturated rings. The number of fused-ring (bicyclic) bond motifs is 2. The van der Waals surface area contributed by atoms with Crippen LogP contribution in [0.3, 0.4) is 0 Å². The van der Waals surface area contributed by atoms with Crippen LogP contribution in [0.2, 0.25) is 0 Å². The summed E-state index contributed by atoms with van der Waals surface area (Å²) in [6.45, 7) is 7.54. The summed E-state index contributed by atoms with van der Waals surface area (Å²) >= 11 is 0. The van der Waals surface area contributed by atoms with Gasteiger partial charge in [0.05, 0.1) is 31.2 Å². The van der Waals surface area contributed by atoms with Crippen molar-refractivity contribution in [2.45, 2.75) is 70.4 Å². The highest BCUT2D eigenvalue weighted by Crippen LogP contribution is 2.56. The van der Waals surface area contributed by atoms with Gasteiger partial charge in [0.2, 0.25) is 11.8 Å². The van der Waals surface area contributed by atoms with Crippen molar-refractivity contribution in [1.29, 1.82) is 0 Å². The first kappa shape index (κ1) is 32.7. The molecule has 4 aliphatic rings. The summed E-state index contributed by atoms with van der Waals surface area (Å²) in [4.78, 5) is 59.8. The van der Waals surface area contributed by atoms with Crippen molar-refractivity contribution < 1.29 is 33.8 Å². The summed E-state index contributed by atoms with van der Waals surface area (Å²) in [7, 11) is 0. The Morgan fingerprint density at radius 2 is 1.79 bits per heavy atom. The molecule has 0 radical (unpaired) electrons. The highest BCUT2D eigenvalue weighted by Gasteiger charge is 2.74. The predicted molar refractivity (Wildman–Crippen MR) is 175 cm³/mol. The molecule has 7 atom stereocenters. The first-order valence-corrected chi connectivity index (χ1v) is 16.4. The van der Waals surface area contributed by atoms with Gasteiger partial charge < -0.3 is 29.7 Å². The van der Waals surface area contributed by atoms with E-state index in [1.54, 1.807) is 17.1 Å². The molecule has 47 heavy (non-hydrogen) atoms. The number of aliphatic hydroxyl groups is 1. The van der Waals surface area contributed by atoms with Crippen LogP contribution >= 0.6 is 0 Å². The molecule has 0 saturated carbocycles. The van der Waals surface area contributed by atoms with Crippen LogP contribution in [0.4, 0.5) is 5.69 Å². The molecule has 1 spiro atoms. The van der Waals surface area contributed by atoms with E-state index in [0.29, 0.717) is 17.7 Å². The molecule has 248 valence electrons. The Morgan fingerprint density at radius 1 is 1.02 bits per heavy atom. The molecule has 4 heterocycles. The Hall–Kier alpha value is -4.28. The largest absolute Gasteiger partial charge is 0.455 e. The van der Waals surface area contributed by atoms with Gasteiger partial charge in [-0.1, -0.05) is 80.6 Å². The molecule has 2 saturated heterocycles. The van der Waals surface area contributed by atoms with Crippen molar-refractivity contribution in [3.63, 3.8) is 0 Å². The van der Waals surface area contributed by atoms with E-state index in [-0.39, 0.29) is 43.8 Å². The second kappa shape index (κ2) is 13.1. The maximum absolute atomic E-state index is 15.1. The molecule has 10 nitrogen and oxygen atoms in total. The average Bonchev–Trinajstić information content (AvgIpc) is 3.70. The number of nitrogens with zero attached hydrogens (tertiary/aromatic N) is 2. The Bertz CT molecular complexity index is 1600. The quantitative estimate of drug-likeness (QED) is 0.378. The number of aliphatic hydroxyl groups excluding tert-OH is 1. The van der Waals surface area contributed by atoms with E-state index in [1.165, 1.54) is 4.90 Å². The molecule has 4 aliphatic heterocycles. The average molecular weight is 642 g/mol. The second-order valence-electron chi connectivity index (χ2n) is 13.3. The number of amides is 3. The van der Waals surface area contributed by atoms with Gasteiger partial charge in [-0.15, -0.1) is 0 Å². The number of benzene rings is 2. The van der Waals surface area contributed by atoms with Crippen LogP contribution in [-0.4, -0.2) is 77.2 Å². The second-order valence-corrected chi connectivity index (χ2v) is 13.3. The van der Waals surface area contributed by atoms with Gasteiger partial charge in [0.25, 0.3) is 5.91 Å². The number of esters is 1. The van der Waals surface area contributed by atoms with E-state index in [2.05, 4.69) is 5.32 Å². The Morgan fingerprint density at radius 3 is 2.51 bits per heavy atom. The number of aryl methyl sites for hydroxylation is 2. The van der Waals surface area contributed by atoms with E-state index in [1.807, 2.05) is 88.4 Å². The maximum Gasteiger partial charge on any atom is 0.313 e. The van der Waals surface area contributed by atoms with Gasteiger partial charge >= 0.3 is 5.97 Å². The molecular formula is C37H43N3O7. The van der Waals surface area contributed by atoms with Crippen LogP contribution in [0.15, 0.2) is 72.8 Å². The molecule has 2 aromatic rings. The molecule has 2 aromatic carbocycles. The Labute approximate surface area is 275 Å². The number of ether oxygens (including phenoxy) is 2. The lowest BCUT2D eigenvalue weighted by atomic mass is 9.74. The van der Waals surface area contributed by atoms with E-state index in [0.717, 1.165) is 11.1 Å². The molecule has 10 heteroatoms. The van der Waals surface area contributed by atoms with Gasteiger partial charge in [0.1, 0.15) is 23.7 Å². The smallest absolute Gasteiger partial charge is 0.313 e. The topological polar surface area (TPSA) is 125 Å². The lowest BCUT2D eigenvalue weighted by Gasteiger charge is -2.40. The summed E-state index contributed by atoms with van der Waals surface area (Å²) in [5.74, 6) is -3.89. The minimum atomic E-state index is -1.44. The standard InChI is InChI=1S/C37H43N3O7/c1-22(2)27(21-41)40-33-35(44)39(26-19-23(3)14-15-24(26)4)18-10-6-9-13-30(42)38-20-29(25-11-7-5-8-12-25)46-36(45)31-28-16-17-37(33,47-28)32(31)34(40)43/h5-8,10-12,14-17,19,22,27-29,31-33,41H,9,13,18,20-21H2,1-4H3,(H,38,42)/b10-6-/t27-,28-,29-,31+,32+,33-,37+/m0/s1. The number of likely N-dealkylation sites (tertiary alicyclic amines) is 1. The zero-order valence-electron chi connectivity index (χ0n) is 27.3. The van der Waals surface area contributed by atoms with Crippen LogP contribution < -0.4 is 10.2 Å². The molecule has 2 N–H and O–H groups in total. The van der Waals surface area contributed by atoms with Gasteiger partial charge in [-0.05, 0) is 48.9 Å². The van der Waals surface area contributed by atoms with Crippen LogP contribution in [0.5, 0.6) is 0 Å². The first-order chi connectivity index (χ1) is 22.6. The maximum atomic E-state index is 15.1. The summed E-state index contributed by atoms with van der Waals surface area (Å²) in [6.07, 6.45) is 6.32. The molecule has 0 aliphatic carbocycles. The molecule has 6 rings (SSSR count). The zero-order chi connectivity index (χ0) is 33.5. The van der Waals surface area contributed by atoms with Crippen LogP contribution in [0.25, 0.3) is 0 Å². The van der Waals surface area contributed by atoms with E-state index in [9.17, 15) is 19.5 Å².